The second-order valence-electron chi connectivity index (χ2n) is 5.37. The highest BCUT2D eigenvalue weighted by atomic mass is 19.4. The molecule has 0 saturated heterocycles. The van der Waals surface area contributed by atoms with Crippen LogP contribution in [0.2, 0.25) is 0 Å². The molecule has 26 heavy (non-hydrogen) atoms. The van der Waals surface area contributed by atoms with Crippen molar-refractivity contribution >= 4 is 22.4 Å². The number of benzene rings is 2. The Bertz CT molecular complexity index is 967. The highest BCUT2D eigenvalue weighted by molar-refractivity contribution is 6.01. The summed E-state index contributed by atoms with van der Waals surface area (Å²) in [7, 11) is 0. The molecule has 0 bridgehead atoms. The Morgan fingerprint density at radius 3 is 2.62 bits per heavy atom. The van der Waals surface area contributed by atoms with Crippen LogP contribution in [0.4, 0.5) is 18.9 Å². The lowest BCUT2D eigenvalue weighted by Crippen LogP contribution is -2.06. The highest BCUT2D eigenvalue weighted by Crippen LogP contribution is 2.33. The van der Waals surface area contributed by atoms with E-state index in [0.717, 1.165) is 23.0 Å². The highest BCUT2D eigenvalue weighted by Gasteiger charge is 2.30. The van der Waals surface area contributed by atoms with Gasteiger partial charge in [-0.15, -0.1) is 0 Å². The molecular weight excluding hydrogens is 345 g/mol. The fourth-order valence-corrected chi connectivity index (χ4v) is 2.34. The zero-order valence-corrected chi connectivity index (χ0v) is 13.4. The number of nitrogens with one attached hydrogen (secondary N) is 1. The predicted octanol–water partition coefficient (Wildman–Crippen LogP) is 5.17. The molecule has 0 aliphatic carbocycles. The van der Waals surface area contributed by atoms with Gasteiger partial charge in [0.25, 0.3) is 0 Å². The number of anilines is 1. The van der Waals surface area contributed by atoms with Gasteiger partial charge in [-0.2, -0.15) is 13.2 Å². The van der Waals surface area contributed by atoms with Crippen LogP contribution in [0.3, 0.4) is 0 Å². The number of aromatic nitrogens is 1. The van der Waals surface area contributed by atoms with Gasteiger partial charge < -0.3 is 10.1 Å². The molecule has 0 atom stereocenters. The van der Waals surface area contributed by atoms with Crippen molar-refractivity contribution in [1.29, 1.82) is 0 Å². The number of ether oxygens (including phenoxy) is 1. The Morgan fingerprint density at radius 1 is 1.15 bits per heavy atom. The fourth-order valence-electron chi connectivity index (χ4n) is 2.34. The summed E-state index contributed by atoms with van der Waals surface area (Å²) in [5.74, 6) is 0.164. The molecule has 0 aliphatic heterocycles. The average molecular weight is 358 g/mol. The molecule has 0 spiro atoms. The molecule has 1 heterocycles. The van der Waals surface area contributed by atoms with Gasteiger partial charge in [-0.3, -0.25) is 4.79 Å². The molecule has 0 saturated carbocycles. The predicted molar refractivity (Wildman–Crippen MR) is 92.1 cm³/mol. The molecule has 1 N–H and O–H groups in total. The summed E-state index contributed by atoms with van der Waals surface area (Å²) >= 11 is 0. The second kappa shape index (κ2) is 6.87. The van der Waals surface area contributed by atoms with E-state index < -0.39 is 11.7 Å². The van der Waals surface area contributed by atoms with Crippen LogP contribution in [0.15, 0.2) is 67.4 Å². The van der Waals surface area contributed by atoms with Crippen LogP contribution in [0.25, 0.3) is 10.8 Å². The molecule has 0 radical (unpaired) electrons. The van der Waals surface area contributed by atoms with E-state index in [0.29, 0.717) is 11.4 Å². The summed E-state index contributed by atoms with van der Waals surface area (Å²) in [6.45, 7) is 3.39. The van der Waals surface area contributed by atoms with Crippen LogP contribution in [0.5, 0.6) is 11.6 Å². The summed E-state index contributed by atoms with van der Waals surface area (Å²) < 4.78 is 43.4. The zero-order chi connectivity index (χ0) is 18.7. The van der Waals surface area contributed by atoms with Crippen LogP contribution in [0.1, 0.15) is 5.56 Å². The van der Waals surface area contributed by atoms with E-state index in [9.17, 15) is 18.0 Å². The Hall–Kier alpha value is -3.35. The number of hydrogen-bond donors (Lipinski definition) is 1. The summed E-state index contributed by atoms with van der Waals surface area (Å²) in [6, 6.07) is 12.5. The van der Waals surface area contributed by atoms with Gasteiger partial charge in [0.05, 0.1) is 5.56 Å². The summed E-state index contributed by atoms with van der Waals surface area (Å²) in [5.41, 5.74) is -0.252. The first-order chi connectivity index (χ1) is 12.4. The van der Waals surface area contributed by atoms with Gasteiger partial charge in [0.15, 0.2) is 0 Å². The lowest BCUT2D eigenvalue weighted by atomic mass is 10.1. The second-order valence-corrected chi connectivity index (χ2v) is 5.37. The van der Waals surface area contributed by atoms with Crippen LogP contribution in [0, 0.1) is 0 Å². The minimum Gasteiger partial charge on any atom is -0.438 e. The van der Waals surface area contributed by atoms with Gasteiger partial charge in [-0.25, -0.2) is 4.98 Å². The number of carbonyl (C=O) groups is 1. The van der Waals surface area contributed by atoms with E-state index in [1.807, 2.05) is 6.07 Å². The van der Waals surface area contributed by atoms with Gasteiger partial charge in [0, 0.05) is 23.3 Å². The largest absolute Gasteiger partial charge is 0.438 e. The molecule has 1 amide bonds. The van der Waals surface area contributed by atoms with Gasteiger partial charge in [-0.05, 0) is 41.8 Å². The molecule has 0 unspecified atom stereocenters. The van der Waals surface area contributed by atoms with E-state index in [1.54, 1.807) is 30.3 Å². The van der Waals surface area contributed by atoms with Crippen molar-refractivity contribution in [3.63, 3.8) is 0 Å². The third-order valence-electron chi connectivity index (χ3n) is 3.57. The van der Waals surface area contributed by atoms with Crippen molar-refractivity contribution < 1.29 is 22.7 Å². The molecule has 0 aliphatic rings. The number of amides is 1. The van der Waals surface area contributed by atoms with Gasteiger partial charge in [0.2, 0.25) is 11.8 Å². The van der Waals surface area contributed by atoms with E-state index in [4.69, 9.17) is 4.74 Å². The molecule has 4 nitrogen and oxygen atoms in total. The topological polar surface area (TPSA) is 51.2 Å². The average Bonchev–Trinajstić information content (AvgIpc) is 2.61. The van der Waals surface area contributed by atoms with Crippen LogP contribution in [-0.2, 0) is 11.0 Å². The third-order valence-corrected chi connectivity index (χ3v) is 3.57. The molecule has 132 valence electrons. The van der Waals surface area contributed by atoms with Crippen molar-refractivity contribution in [3.05, 3.63) is 72.9 Å². The fraction of sp³-hybridized carbons (Fsp3) is 0.0526. The van der Waals surface area contributed by atoms with Crippen molar-refractivity contribution in [2.45, 2.75) is 6.18 Å². The van der Waals surface area contributed by atoms with Crippen molar-refractivity contribution in [3.8, 4) is 11.6 Å². The molecule has 1 aromatic heterocycles. The first-order valence-electron chi connectivity index (χ1n) is 7.54. The lowest BCUT2D eigenvalue weighted by molar-refractivity contribution is -0.137. The number of halogens is 3. The van der Waals surface area contributed by atoms with Crippen LogP contribution >= 0.6 is 0 Å². The number of fused-ring (bicyclic) bond motifs is 1. The number of rotatable bonds is 4. The van der Waals surface area contributed by atoms with Crippen LogP contribution in [-0.4, -0.2) is 10.9 Å². The van der Waals surface area contributed by atoms with E-state index in [-0.39, 0.29) is 11.8 Å². The number of carbonyl (C=O) groups excluding carboxylic acids is 1. The maximum atomic E-state index is 12.6. The Labute approximate surface area is 146 Å². The van der Waals surface area contributed by atoms with Crippen molar-refractivity contribution in [2.24, 2.45) is 0 Å². The first-order valence-corrected chi connectivity index (χ1v) is 7.54. The monoisotopic (exact) mass is 358 g/mol. The zero-order valence-electron chi connectivity index (χ0n) is 13.4. The first kappa shape index (κ1) is 17.5. The Morgan fingerprint density at radius 2 is 1.96 bits per heavy atom. The van der Waals surface area contributed by atoms with E-state index in [1.165, 1.54) is 12.1 Å². The van der Waals surface area contributed by atoms with Gasteiger partial charge >= 0.3 is 6.18 Å². The Balaban J connectivity index is 1.88. The van der Waals surface area contributed by atoms with Crippen molar-refractivity contribution in [2.75, 3.05) is 5.32 Å². The standard InChI is InChI=1S/C19H13F3N2O2/c1-2-17(25)24-14-7-8-15-12(10-14)4-3-5-16(15)26-18-9-6-13(11-23-18)19(20,21)22/h2-11H,1H2,(H,24,25). The number of alkyl halides is 3. The summed E-state index contributed by atoms with van der Waals surface area (Å²) in [6.07, 6.45) is -2.55. The minimum absolute atomic E-state index is 0.0505. The number of hydrogen-bond acceptors (Lipinski definition) is 3. The van der Waals surface area contributed by atoms with Gasteiger partial charge in [-0.1, -0.05) is 18.7 Å². The quantitative estimate of drug-likeness (QED) is 0.655. The summed E-state index contributed by atoms with van der Waals surface area (Å²) in [5, 5.41) is 4.17. The lowest BCUT2D eigenvalue weighted by Gasteiger charge is -2.11. The maximum absolute atomic E-state index is 12.6. The molecule has 0 fully saturated rings. The molecule has 7 heteroatoms. The molecule has 3 aromatic rings. The summed E-state index contributed by atoms with van der Waals surface area (Å²) in [4.78, 5) is 15.1. The normalized spacial score (nSPS) is 11.2. The third kappa shape index (κ3) is 3.83. The smallest absolute Gasteiger partial charge is 0.417 e. The molecular formula is C19H13F3N2O2. The maximum Gasteiger partial charge on any atom is 0.417 e. The van der Waals surface area contributed by atoms with Crippen molar-refractivity contribution in [1.82, 2.24) is 4.98 Å². The Kier molecular flexibility index (Phi) is 4.62. The van der Waals surface area contributed by atoms with E-state index in [2.05, 4.69) is 16.9 Å². The molecule has 3 rings (SSSR count). The van der Waals surface area contributed by atoms with Crippen LogP contribution < -0.4 is 10.1 Å². The molecule has 2 aromatic carbocycles. The number of nitrogens with zero attached hydrogens (tertiary/aromatic N) is 1. The number of pyridine rings is 1. The SMILES string of the molecule is C=CC(=O)Nc1ccc2c(Oc3ccc(C(F)(F)F)cn3)cccc2c1. The van der Waals surface area contributed by atoms with E-state index >= 15 is 0 Å². The minimum atomic E-state index is -4.45. The van der Waals surface area contributed by atoms with Gasteiger partial charge in [0.1, 0.15) is 5.75 Å².